The van der Waals surface area contributed by atoms with Crippen molar-refractivity contribution in [3.8, 4) is 0 Å². The van der Waals surface area contributed by atoms with Crippen molar-refractivity contribution in [2.45, 2.75) is 18.9 Å². The molecule has 0 fully saturated rings. The van der Waals surface area contributed by atoms with Gasteiger partial charge in [-0.25, -0.2) is 0 Å². The van der Waals surface area contributed by atoms with Gasteiger partial charge in [0.25, 0.3) is 0 Å². The molecule has 0 amide bonds. The number of aliphatic carboxylic acids is 1. The summed E-state index contributed by atoms with van der Waals surface area (Å²) in [6.45, 7) is 0. The van der Waals surface area contributed by atoms with Gasteiger partial charge < -0.3 is 10.8 Å². The molecule has 11 heavy (non-hydrogen) atoms. The Balaban J connectivity index is 2.66. The number of hydrogen-bond acceptors (Lipinski definition) is 2. The van der Waals surface area contributed by atoms with Crippen molar-refractivity contribution in [2.75, 3.05) is 0 Å². The van der Waals surface area contributed by atoms with E-state index in [1.165, 1.54) is 0 Å². The highest BCUT2D eigenvalue weighted by molar-refractivity contribution is 5.77. The van der Waals surface area contributed by atoms with E-state index < -0.39 is 12.0 Å². The summed E-state index contributed by atoms with van der Waals surface area (Å²) in [5, 5.41) is 8.54. The Morgan fingerprint density at radius 1 is 1.73 bits per heavy atom. The standard InChI is InChI=1S/C8H11NO2/c9-7(8(10)11)6-4-2-1-3-5-6/h1-2,4,7H,3,5,9H2,(H,10,11). The first kappa shape index (κ1) is 8.01. The van der Waals surface area contributed by atoms with Crippen molar-refractivity contribution in [2.24, 2.45) is 5.73 Å². The highest BCUT2D eigenvalue weighted by Gasteiger charge is 2.16. The highest BCUT2D eigenvalue weighted by atomic mass is 16.4. The first-order valence-corrected chi connectivity index (χ1v) is 3.56. The molecule has 0 aromatic carbocycles. The molecule has 0 radical (unpaired) electrons. The van der Waals surface area contributed by atoms with E-state index >= 15 is 0 Å². The summed E-state index contributed by atoms with van der Waals surface area (Å²) in [6, 6.07) is -0.819. The number of carbonyl (C=O) groups is 1. The maximum atomic E-state index is 10.4. The Labute approximate surface area is 65.2 Å². The molecule has 60 valence electrons. The van der Waals surface area contributed by atoms with Gasteiger partial charge in [0.1, 0.15) is 6.04 Å². The first-order valence-electron chi connectivity index (χ1n) is 3.56. The van der Waals surface area contributed by atoms with E-state index in [1.54, 1.807) is 6.08 Å². The summed E-state index contributed by atoms with van der Waals surface area (Å²) in [5.74, 6) is -0.952. The Morgan fingerprint density at radius 2 is 2.45 bits per heavy atom. The minimum Gasteiger partial charge on any atom is -0.480 e. The van der Waals surface area contributed by atoms with Crippen molar-refractivity contribution in [1.29, 1.82) is 0 Å². The maximum Gasteiger partial charge on any atom is 0.324 e. The third-order valence-electron chi connectivity index (χ3n) is 1.71. The molecule has 0 spiro atoms. The number of rotatable bonds is 2. The third kappa shape index (κ3) is 1.91. The second-order valence-corrected chi connectivity index (χ2v) is 2.52. The van der Waals surface area contributed by atoms with E-state index in [0.717, 1.165) is 18.4 Å². The van der Waals surface area contributed by atoms with Gasteiger partial charge in [0.15, 0.2) is 0 Å². The molecule has 3 N–H and O–H groups in total. The lowest BCUT2D eigenvalue weighted by molar-refractivity contribution is -0.137. The number of carboxylic acids is 1. The van der Waals surface area contributed by atoms with Crippen LogP contribution in [0.2, 0.25) is 0 Å². The van der Waals surface area contributed by atoms with Crippen LogP contribution in [-0.4, -0.2) is 17.1 Å². The van der Waals surface area contributed by atoms with Crippen LogP contribution in [-0.2, 0) is 4.79 Å². The Hall–Kier alpha value is -1.09. The fraction of sp³-hybridized carbons (Fsp3) is 0.375. The van der Waals surface area contributed by atoms with Crippen LogP contribution in [0, 0.1) is 0 Å². The Morgan fingerprint density at radius 3 is 2.91 bits per heavy atom. The van der Waals surface area contributed by atoms with E-state index in [2.05, 4.69) is 0 Å². The fourth-order valence-electron chi connectivity index (χ4n) is 1.04. The molecule has 0 aliphatic heterocycles. The van der Waals surface area contributed by atoms with E-state index in [-0.39, 0.29) is 0 Å². The molecule has 1 aliphatic carbocycles. The second kappa shape index (κ2) is 3.34. The summed E-state index contributed by atoms with van der Waals surface area (Å²) >= 11 is 0. The zero-order valence-electron chi connectivity index (χ0n) is 6.16. The van der Waals surface area contributed by atoms with Gasteiger partial charge in [-0.2, -0.15) is 0 Å². The van der Waals surface area contributed by atoms with Crippen molar-refractivity contribution in [3.05, 3.63) is 23.8 Å². The minimum absolute atomic E-state index is 0.768. The minimum atomic E-state index is -0.952. The number of carboxylic acid groups (broad SMARTS) is 1. The molecule has 0 saturated carbocycles. The molecule has 1 atom stereocenters. The van der Waals surface area contributed by atoms with Crippen molar-refractivity contribution < 1.29 is 9.90 Å². The summed E-state index contributed by atoms with van der Waals surface area (Å²) in [5.41, 5.74) is 6.20. The van der Waals surface area contributed by atoms with Gasteiger partial charge in [0.2, 0.25) is 0 Å². The predicted molar refractivity (Wildman–Crippen MR) is 42.1 cm³/mol. The smallest absolute Gasteiger partial charge is 0.324 e. The lowest BCUT2D eigenvalue weighted by Crippen LogP contribution is -2.32. The van der Waals surface area contributed by atoms with Crippen LogP contribution in [0.25, 0.3) is 0 Å². The summed E-state index contributed by atoms with van der Waals surface area (Å²) < 4.78 is 0. The molecule has 0 aromatic rings. The summed E-state index contributed by atoms with van der Waals surface area (Å²) in [7, 11) is 0. The van der Waals surface area contributed by atoms with Crippen LogP contribution >= 0.6 is 0 Å². The molecular formula is C8H11NO2. The molecule has 1 rings (SSSR count). The van der Waals surface area contributed by atoms with Crippen LogP contribution in [0.1, 0.15) is 12.8 Å². The van der Waals surface area contributed by atoms with Crippen LogP contribution in [0.4, 0.5) is 0 Å². The average molecular weight is 153 g/mol. The molecular weight excluding hydrogens is 142 g/mol. The van der Waals surface area contributed by atoms with Gasteiger partial charge in [0, 0.05) is 0 Å². The highest BCUT2D eigenvalue weighted by Crippen LogP contribution is 2.14. The van der Waals surface area contributed by atoms with Crippen molar-refractivity contribution >= 4 is 5.97 Å². The SMILES string of the molecule is NC(C(=O)O)C1=CC=CCC1. The van der Waals surface area contributed by atoms with E-state index in [1.807, 2.05) is 12.2 Å². The van der Waals surface area contributed by atoms with Crippen LogP contribution < -0.4 is 5.73 Å². The molecule has 1 aliphatic rings. The molecule has 3 nitrogen and oxygen atoms in total. The van der Waals surface area contributed by atoms with E-state index in [4.69, 9.17) is 10.8 Å². The largest absolute Gasteiger partial charge is 0.480 e. The van der Waals surface area contributed by atoms with Gasteiger partial charge in [-0.1, -0.05) is 18.2 Å². The molecule has 1 unspecified atom stereocenters. The second-order valence-electron chi connectivity index (χ2n) is 2.52. The molecule has 0 aromatic heterocycles. The zero-order valence-corrected chi connectivity index (χ0v) is 6.16. The topological polar surface area (TPSA) is 63.3 Å². The number of hydrogen-bond donors (Lipinski definition) is 2. The van der Waals surface area contributed by atoms with Crippen LogP contribution in [0.3, 0.4) is 0 Å². The van der Waals surface area contributed by atoms with Crippen molar-refractivity contribution in [1.82, 2.24) is 0 Å². The van der Waals surface area contributed by atoms with Crippen LogP contribution in [0.5, 0.6) is 0 Å². The van der Waals surface area contributed by atoms with Gasteiger partial charge in [-0.05, 0) is 18.4 Å². The number of nitrogens with two attached hydrogens (primary N) is 1. The summed E-state index contributed by atoms with van der Waals surface area (Å²) in [6.07, 6.45) is 7.29. The molecule has 0 saturated heterocycles. The zero-order chi connectivity index (χ0) is 8.27. The van der Waals surface area contributed by atoms with Crippen molar-refractivity contribution in [3.63, 3.8) is 0 Å². The van der Waals surface area contributed by atoms with Gasteiger partial charge >= 0.3 is 5.97 Å². The average Bonchev–Trinajstić information content (AvgIpc) is 2.05. The fourth-order valence-corrected chi connectivity index (χ4v) is 1.04. The van der Waals surface area contributed by atoms with Gasteiger partial charge in [0.05, 0.1) is 0 Å². The quantitative estimate of drug-likeness (QED) is 0.613. The van der Waals surface area contributed by atoms with Crippen LogP contribution in [0.15, 0.2) is 23.8 Å². The first-order chi connectivity index (χ1) is 5.22. The maximum absolute atomic E-state index is 10.4. The predicted octanol–water partition coefficient (Wildman–Crippen LogP) is 0.675. The van der Waals surface area contributed by atoms with Gasteiger partial charge in [-0.15, -0.1) is 0 Å². The molecule has 0 bridgehead atoms. The number of allylic oxidation sites excluding steroid dienone is 3. The monoisotopic (exact) mass is 153 g/mol. The molecule has 0 heterocycles. The lowest BCUT2D eigenvalue weighted by Gasteiger charge is -2.12. The normalized spacial score (nSPS) is 19.2. The van der Waals surface area contributed by atoms with E-state index in [9.17, 15) is 4.79 Å². The Kier molecular flexibility index (Phi) is 2.44. The van der Waals surface area contributed by atoms with Gasteiger partial charge in [-0.3, -0.25) is 4.79 Å². The summed E-state index contributed by atoms with van der Waals surface area (Å²) in [4.78, 5) is 10.4. The lowest BCUT2D eigenvalue weighted by atomic mass is 9.99. The Bertz CT molecular complexity index is 218. The third-order valence-corrected chi connectivity index (χ3v) is 1.71. The van der Waals surface area contributed by atoms with E-state index in [0.29, 0.717) is 0 Å². The molecule has 3 heteroatoms.